The number of hydrogen-bond donors (Lipinski definition) is 0. The van der Waals surface area contributed by atoms with Gasteiger partial charge in [0, 0.05) is 18.5 Å². The topological polar surface area (TPSA) is 29.0 Å². The second kappa shape index (κ2) is 3.50. The van der Waals surface area contributed by atoms with Crippen LogP contribution in [-0.2, 0) is 0 Å². The molecular weight excluding hydrogens is 186 g/mol. The van der Waals surface area contributed by atoms with Crippen LogP contribution in [-0.4, -0.2) is 23.3 Å². The molecule has 2 heterocycles. The molecule has 1 saturated heterocycles. The maximum absolute atomic E-state index is 4.26. The highest BCUT2D eigenvalue weighted by atomic mass is 15.3. The van der Waals surface area contributed by atoms with Gasteiger partial charge < -0.3 is 4.90 Å². The van der Waals surface area contributed by atoms with E-state index in [9.17, 15) is 0 Å². The number of benzene rings is 1. The normalized spacial score (nSPS) is 16.1. The standard InChI is InChI=1S/C12H13N3/c1-2-6-11-10(5-1)9-12(14-13-11)15-7-3-4-8-15/h1-2,5-6,9H,3-4,7-8H2. The predicted molar refractivity (Wildman–Crippen MR) is 61.0 cm³/mol. The molecule has 0 aliphatic carbocycles. The second-order valence-corrected chi connectivity index (χ2v) is 3.96. The zero-order valence-corrected chi connectivity index (χ0v) is 8.56. The summed E-state index contributed by atoms with van der Waals surface area (Å²) in [5.41, 5.74) is 0.973. The summed E-state index contributed by atoms with van der Waals surface area (Å²) in [6.07, 6.45) is 2.54. The van der Waals surface area contributed by atoms with Crippen molar-refractivity contribution in [2.45, 2.75) is 12.8 Å². The van der Waals surface area contributed by atoms with Crippen LogP contribution in [0, 0.1) is 0 Å². The summed E-state index contributed by atoms with van der Waals surface area (Å²) in [7, 11) is 0. The fourth-order valence-corrected chi connectivity index (χ4v) is 2.07. The van der Waals surface area contributed by atoms with Crippen LogP contribution in [0.25, 0.3) is 10.9 Å². The van der Waals surface area contributed by atoms with Crippen LogP contribution >= 0.6 is 0 Å². The first kappa shape index (κ1) is 8.65. The summed E-state index contributed by atoms with van der Waals surface area (Å²) < 4.78 is 0. The van der Waals surface area contributed by atoms with E-state index in [1.165, 1.54) is 18.2 Å². The van der Waals surface area contributed by atoms with Gasteiger partial charge in [-0.15, -0.1) is 10.2 Å². The minimum atomic E-state index is 0.973. The molecule has 3 heteroatoms. The molecule has 0 unspecified atom stereocenters. The maximum Gasteiger partial charge on any atom is 0.151 e. The third-order valence-corrected chi connectivity index (χ3v) is 2.91. The van der Waals surface area contributed by atoms with Crippen LogP contribution in [0.5, 0.6) is 0 Å². The van der Waals surface area contributed by atoms with Gasteiger partial charge in [-0.3, -0.25) is 0 Å². The van der Waals surface area contributed by atoms with Crippen molar-refractivity contribution < 1.29 is 0 Å². The Morgan fingerprint density at radius 2 is 1.80 bits per heavy atom. The molecule has 2 aromatic rings. The molecule has 0 atom stereocenters. The average molecular weight is 199 g/mol. The largest absolute Gasteiger partial charge is 0.355 e. The van der Waals surface area contributed by atoms with E-state index in [4.69, 9.17) is 0 Å². The number of fused-ring (bicyclic) bond motifs is 1. The first-order valence-corrected chi connectivity index (χ1v) is 5.41. The first-order valence-electron chi connectivity index (χ1n) is 5.41. The third-order valence-electron chi connectivity index (χ3n) is 2.91. The highest BCUT2D eigenvalue weighted by Gasteiger charge is 2.13. The lowest BCUT2D eigenvalue weighted by atomic mass is 10.2. The van der Waals surface area contributed by atoms with Gasteiger partial charge in [0.05, 0.1) is 5.52 Å². The van der Waals surface area contributed by atoms with Gasteiger partial charge in [0.2, 0.25) is 0 Å². The number of rotatable bonds is 1. The summed E-state index contributed by atoms with van der Waals surface area (Å²) in [5.74, 6) is 1.02. The fourth-order valence-electron chi connectivity index (χ4n) is 2.07. The first-order chi connectivity index (χ1) is 7.43. The highest BCUT2D eigenvalue weighted by molar-refractivity contribution is 5.80. The molecule has 1 aliphatic rings. The van der Waals surface area contributed by atoms with Crippen LogP contribution < -0.4 is 4.90 Å². The summed E-state index contributed by atoms with van der Waals surface area (Å²) in [5, 5.41) is 9.67. The van der Waals surface area contributed by atoms with Crippen molar-refractivity contribution in [2.75, 3.05) is 18.0 Å². The zero-order chi connectivity index (χ0) is 10.1. The van der Waals surface area contributed by atoms with Crippen molar-refractivity contribution in [1.29, 1.82) is 0 Å². The summed E-state index contributed by atoms with van der Waals surface area (Å²) in [6, 6.07) is 10.2. The van der Waals surface area contributed by atoms with Gasteiger partial charge in [-0.1, -0.05) is 18.2 Å². The molecule has 0 N–H and O–H groups in total. The Labute approximate surface area is 88.7 Å². The minimum absolute atomic E-state index is 0.973. The van der Waals surface area contributed by atoms with Gasteiger partial charge in [0.1, 0.15) is 0 Å². The molecule has 1 aromatic heterocycles. The molecular formula is C12H13N3. The fraction of sp³-hybridized carbons (Fsp3) is 0.333. The molecule has 3 nitrogen and oxygen atoms in total. The molecule has 15 heavy (non-hydrogen) atoms. The highest BCUT2D eigenvalue weighted by Crippen LogP contribution is 2.20. The Morgan fingerprint density at radius 3 is 2.67 bits per heavy atom. The number of nitrogens with zero attached hydrogens (tertiary/aromatic N) is 3. The van der Waals surface area contributed by atoms with Gasteiger partial charge in [-0.05, 0) is 25.0 Å². The van der Waals surface area contributed by atoms with Gasteiger partial charge >= 0.3 is 0 Å². The van der Waals surface area contributed by atoms with Crippen LogP contribution in [0.15, 0.2) is 30.3 Å². The van der Waals surface area contributed by atoms with E-state index < -0.39 is 0 Å². The predicted octanol–water partition coefficient (Wildman–Crippen LogP) is 2.23. The van der Waals surface area contributed by atoms with E-state index in [1.54, 1.807) is 0 Å². The van der Waals surface area contributed by atoms with Gasteiger partial charge in [-0.2, -0.15) is 0 Å². The Kier molecular flexibility index (Phi) is 2.02. The summed E-state index contributed by atoms with van der Waals surface area (Å²) in [6.45, 7) is 2.24. The van der Waals surface area contributed by atoms with Gasteiger partial charge in [0.15, 0.2) is 5.82 Å². The molecule has 76 valence electrons. The number of hydrogen-bond acceptors (Lipinski definition) is 3. The van der Waals surface area contributed by atoms with E-state index in [2.05, 4.69) is 27.2 Å². The van der Waals surface area contributed by atoms with Crippen LogP contribution in [0.3, 0.4) is 0 Å². The Hall–Kier alpha value is -1.64. The van der Waals surface area contributed by atoms with Crippen molar-refractivity contribution >= 4 is 16.7 Å². The molecule has 1 fully saturated rings. The van der Waals surface area contributed by atoms with E-state index in [1.807, 2.05) is 18.2 Å². The number of aromatic nitrogens is 2. The minimum Gasteiger partial charge on any atom is -0.355 e. The number of anilines is 1. The molecule has 0 saturated carbocycles. The van der Waals surface area contributed by atoms with Crippen LogP contribution in [0.4, 0.5) is 5.82 Å². The van der Waals surface area contributed by atoms with Gasteiger partial charge in [0.25, 0.3) is 0 Å². The van der Waals surface area contributed by atoms with Crippen LogP contribution in [0.1, 0.15) is 12.8 Å². The van der Waals surface area contributed by atoms with E-state index in [0.717, 1.165) is 24.4 Å². The van der Waals surface area contributed by atoms with E-state index >= 15 is 0 Å². The zero-order valence-electron chi connectivity index (χ0n) is 8.56. The second-order valence-electron chi connectivity index (χ2n) is 3.96. The SMILES string of the molecule is c1ccc2nnc(N3CCCC3)cc2c1. The quantitative estimate of drug-likeness (QED) is 0.705. The summed E-state index contributed by atoms with van der Waals surface area (Å²) >= 11 is 0. The monoisotopic (exact) mass is 199 g/mol. The Bertz CT molecular complexity index is 475. The Morgan fingerprint density at radius 1 is 1.00 bits per heavy atom. The molecule has 1 aromatic carbocycles. The molecule has 1 aliphatic heterocycles. The molecule has 0 bridgehead atoms. The molecule has 0 amide bonds. The smallest absolute Gasteiger partial charge is 0.151 e. The lowest BCUT2D eigenvalue weighted by Gasteiger charge is -2.15. The molecule has 3 rings (SSSR count). The van der Waals surface area contributed by atoms with Crippen molar-refractivity contribution in [2.24, 2.45) is 0 Å². The molecule has 0 radical (unpaired) electrons. The van der Waals surface area contributed by atoms with Crippen molar-refractivity contribution in [3.8, 4) is 0 Å². The lowest BCUT2D eigenvalue weighted by molar-refractivity contribution is 0.906. The average Bonchev–Trinajstić information content (AvgIpc) is 2.82. The van der Waals surface area contributed by atoms with Crippen molar-refractivity contribution in [1.82, 2.24) is 10.2 Å². The third kappa shape index (κ3) is 1.54. The lowest BCUT2D eigenvalue weighted by Crippen LogP contribution is -2.19. The van der Waals surface area contributed by atoms with E-state index in [0.29, 0.717) is 0 Å². The van der Waals surface area contributed by atoms with Gasteiger partial charge in [-0.25, -0.2) is 0 Å². The molecule has 0 spiro atoms. The van der Waals surface area contributed by atoms with Crippen LogP contribution in [0.2, 0.25) is 0 Å². The van der Waals surface area contributed by atoms with Crippen molar-refractivity contribution in [3.05, 3.63) is 30.3 Å². The maximum atomic E-state index is 4.26. The van der Waals surface area contributed by atoms with E-state index in [-0.39, 0.29) is 0 Å². The Balaban J connectivity index is 2.05. The summed E-state index contributed by atoms with van der Waals surface area (Å²) in [4.78, 5) is 2.31. The van der Waals surface area contributed by atoms with Crippen molar-refractivity contribution in [3.63, 3.8) is 0 Å².